The highest BCUT2D eigenvalue weighted by Gasteiger charge is 2.25. The summed E-state index contributed by atoms with van der Waals surface area (Å²) in [7, 11) is 4.10. The Morgan fingerprint density at radius 3 is 2.35 bits per heavy atom. The highest BCUT2D eigenvalue weighted by atomic mass is 16.3. The second-order valence-electron chi connectivity index (χ2n) is 6.78. The first-order valence-corrected chi connectivity index (χ1v) is 8.39. The van der Waals surface area contributed by atoms with Gasteiger partial charge in [-0.2, -0.15) is 0 Å². The number of urea groups is 1. The van der Waals surface area contributed by atoms with Crippen molar-refractivity contribution in [1.82, 2.24) is 15.1 Å². The molecule has 1 aliphatic rings. The van der Waals surface area contributed by atoms with Gasteiger partial charge in [-0.15, -0.1) is 0 Å². The topological polar surface area (TPSA) is 55.8 Å². The number of likely N-dealkylation sites (tertiary alicyclic amines) is 1. The molecule has 1 aliphatic heterocycles. The Balaban J connectivity index is 1.76. The Morgan fingerprint density at radius 2 is 1.83 bits per heavy atom. The van der Waals surface area contributed by atoms with E-state index in [9.17, 15) is 9.90 Å². The molecular formula is C18H29N3O2. The molecular weight excluding hydrogens is 290 g/mol. The van der Waals surface area contributed by atoms with Gasteiger partial charge in [0.15, 0.2) is 0 Å². The Kier molecular flexibility index (Phi) is 6.42. The van der Waals surface area contributed by atoms with Crippen molar-refractivity contribution in [3.8, 4) is 0 Å². The summed E-state index contributed by atoms with van der Waals surface area (Å²) in [6.45, 7) is 4.76. The Morgan fingerprint density at radius 1 is 1.26 bits per heavy atom. The number of amides is 2. The van der Waals surface area contributed by atoms with E-state index in [1.807, 2.05) is 11.8 Å². The van der Waals surface area contributed by atoms with Crippen LogP contribution in [0.5, 0.6) is 0 Å². The number of piperidine rings is 1. The van der Waals surface area contributed by atoms with E-state index in [1.54, 1.807) is 0 Å². The largest absolute Gasteiger partial charge is 0.393 e. The molecule has 1 atom stereocenters. The van der Waals surface area contributed by atoms with Crippen molar-refractivity contribution in [2.75, 3.05) is 27.2 Å². The highest BCUT2D eigenvalue weighted by Crippen LogP contribution is 2.20. The lowest BCUT2D eigenvalue weighted by molar-refractivity contribution is 0.0798. The third-order valence-electron chi connectivity index (χ3n) is 4.47. The van der Waals surface area contributed by atoms with Crippen LogP contribution >= 0.6 is 0 Å². The number of nitrogens with zero attached hydrogens (tertiary/aromatic N) is 2. The van der Waals surface area contributed by atoms with E-state index >= 15 is 0 Å². The third kappa shape index (κ3) is 5.52. The first kappa shape index (κ1) is 17.8. The molecule has 1 heterocycles. The van der Waals surface area contributed by atoms with E-state index in [2.05, 4.69) is 48.6 Å². The van der Waals surface area contributed by atoms with Crippen LogP contribution < -0.4 is 5.32 Å². The molecule has 1 fully saturated rings. The molecule has 128 valence electrons. The Labute approximate surface area is 139 Å². The summed E-state index contributed by atoms with van der Waals surface area (Å²) in [5, 5.41) is 12.6. The summed E-state index contributed by atoms with van der Waals surface area (Å²) in [6.07, 6.45) is 1.48. The first-order chi connectivity index (χ1) is 11.0. The number of carbonyl (C=O) groups excluding carboxylic acids is 1. The van der Waals surface area contributed by atoms with Gasteiger partial charge in [0.25, 0.3) is 0 Å². The van der Waals surface area contributed by atoms with Crippen LogP contribution in [0.15, 0.2) is 24.3 Å². The fraction of sp³-hybridized carbons (Fsp3) is 0.611. The van der Waals surface area contributed by atoms with Crippen molar-refractivity contribution < 1.29 is 9.90 Å². The van der Waals surface area contributed by atoms with Gasteiger partial charge in [-0.1, -0.05) is 24.3 Å². The molecule has 23 heavy (non-hydrogen) atoms. The number of carbonyl (C=O) groups is 1. The minimum absolute atomic E-state index is 0.00795. The van der Waals surface area contributed by atoms with Crippen molar-refractivity contribution in [1.29, 1.82) is 0 Å². The quantitative estimate of drug-likeness (QED) is 0.873. The van der Waals surface area contributed by atoms with E-state index in [1.165, 1.54) is 5.56 Å². The second kappa shape index (κ2) is 8.31. The van der Waals surface area contributed by atoms with Crippen molar-refractivity contribution in [3.05, 3.63) is 35.4 Å². The van der Waals surface area contributed by atoms with E-state index in [4.69, 9.17) is 0 Å². The molecule has 2 rings (SSSR count). The second-order valence-corrected chi connectivity index (χ2v) is 6.78. The van der Waals surface area contributed by atoms with Gasteiger partial charge in [0.05, 0.1) is 6.10 Å². The maximum atomic E-state index is 12.2. The molecule has 2 N–H and O–H groups in total. The van der Waals surface area contributed by atoms with E-state index in [0.29, 0.717) is 12.5 Å². The number of nitrogens with one attached hydrogen (secondary N) is 1. The number of hydrogen-bond acceptors (Lipinski definition) is 3. The fourth-order valence-corrected chi connectivity index (χ4v) is 3.00. The van der Waals surface area contributed by atoms with E-state index < -0.39 is 0 Å². The zero-order chi connectivity index (χ0) is 16.8. The predicted octanol–water partition coefficient (Wildman–Crippen LogP) is 2.05. The number of hydrogen-bond donors (Lipinski definition) is 2. The first-order valence-electron chi connectivity index (χ1n) is 8.39. The van der Waals surface area contributed by atoms with Crippen LogP contribution in [0.3, 0.4) is 0 Å². The van der Waals surface area contributed by atoms with Gasteiger partial charge in [0.1, 0.15) is 0 Å². The summed E-state index contributed by atoms with van der Waals surface area (Å²) in [6, 6.07) is 8.34. The van der Waals surface area contributed by atoms with Gasteiger partial charge in [0, 0.05) is 26.2 Å². The molecule has 0 saturated carbocycles. The number of rotatable bonds is 5. The zero-order valence-corrected chi connectivity index (χ0v) is 14.5. The monoisotopic (exact) mass is 319 g/mol. The third-order valence-corrected chi connectivity index (χ3v) is 4.47. The van der Waals surface area contributed by atoms with Crippen molar-refractivity contribution in [2.24, 2.45) is 5.92 Å². The van der Waals surface area contributed by atoms with Crippen molar-refractivity contribution in [2.45, 2.75) is 39.0 Å². The fourth-order valence-electron chi connectivity index (χ4n) is 3.00. The van der Waals surface area contributed by atoms with Crippen LogP contribution in [-0.4, -0.2) is 54.2 Å². The summed E-state index contributed by atoms with van der Waals surface area (Å²) in [4.78, 5) is 16.2. The summed E-state index contributed by atoms with van der Waals surface area (Å²) >= 11 is 0. The van der Waals surface area contributed by atoms with Crippen LogP contribution in [-0.2, 0) is 13.1 Å². The maximum absolute atomic E-state index is 12.2. The molecule has 1 aromatic rings. The van der Waals surface area contributed by atoms with Gasteiger partial charge in [-0.3, -0.25) is 0 Å². The molecule has 1 saturated heterocycles. The smallest absolute Gasteiger partial charge is 0.317 e. The van der Waals surface area contributed by atoms with Gasteiger partial charge in [-0.25, -0.2) is 4.79 Å². The predicted molar refractivity (Wildman–Crippen MR) is 92.0 cm³/mol. The van der Waals surface area contributed by atoms with Gasteiger partial charge >= 0.3 is 6.03 Å². The normalized spacial score (nSPS) is 17.3. The molecule has 0 aromatic heterocycles. The average Bonchev–Trinajstić information content (AvgIpc) is 2.53. The zero-order valence-electron chi connectivity index (χ0n) is 14.5. The lowest BCUT2D eigenvalue weighted by Gasteiger charge is -2.33. The molecule has 0 aliphatic carbocycles. The molecule has 0 bridgehead atoms. The Bertz CT molecular complexity index is 491. The van der Waals surface area contributed by atoms with Crippen LogP contribution in [0.25, 0.3) is 0 Å². The highest BCUT2D eigenvalue weighted by molar-refractivity contribution is 5.74. The van der Waals surface area contributed by atoms with Gasteiger partial charge in [0.2, 0.25) is 0 Å². The number of benzene rings is 1. The minimum Gasteiger partial charge on any atom is -0.393 e. The standard InChI is InChI=1S/C18H29N3O2/c1-14(22)17-8-10-21(11-9-17)18(23)19-12-15-4-6-16(7-5-15)13-20(2)3/h4-7,14,17,22H,8-13H2,1-3H3,(H,19,23). The van der Waals surface area contributed by atoms with Gasteiger partial charge < -0.3 is 20.2 Å². The van der Waals surface area contributed by atoms with Crippen LogP contribution in [0.4, 0.5) is 4.79 Å². The summed E-state index contributed by atoms with van der Waals surface area (Å²) in [5.41, 5.74) is 2.38. The number of aliphatic hydroxyl groups is 1. The van der Waals surface area contributed by atoms with E-state index in [-0.39, 0.29) is 12.1 Å². The van der Waals surface area contributed by atoms with Crippen LogP contribution in [0.1, 0.15) is 30.9 Å². The van der Waals surface area contributed by atoms with Crippen molar-refractivity contribution in [3.63, 3.8) is 0 Å². The minimum atomic E-state index is -0.277. The molecule has 5 heteroatoms. The maximum Gasteiger partial charge on any atom is 0.317 e. The average molecular weight is 319 g/mol. The molecule has 5 nitrogen and oxygen atoms in total. The summed E-state index contributed by atoms with van der Waals surface area (Å²) in [5.74, 6) is 0.322. The SMILES string of the molecule is CC(O)C1CCN(C(=O)NCc2ccc(CN(C)C)cc2)CC1. The number of aliphatic hydroxyl groups excluding tert-OH is 1. The Hall–Kier alpha value is -1.59. The molecule has 1 unspecified atom stereocenters. The molecule has 1 aromatic carbocycles. The van der Waals surface area contributed by atoms with Crippen LogP contribution in [0, 0.1) is 5.92 Å². The van der Waals surface area contributed by atoms with Gasteiger partial charge in [-0.05, 0) is 50.9 Å². The molecule has 0 spiro atoms. The molecule has 0 radical (unpaired) electrons. The van der Waals surface area contributed by atoms with Crippen LogP contribution in [0.2, 0.25) is 0 Å². The van der Waals surface area contributed by atoms with Crippen molar-refractivity contribution >= 4 is 6.03 Å². The van der Waals surface area contributed by atoms with E-state index in [0.717, 1.165) is 38.0 Å². The lowest BCUT2D eigenvalue weighted by Crippen LogP contribution is -2.45. The summed E-state index contributed by atoms with van der Waals surface area (Å²) < 4.78 is 0. The lowest BCUT2D eigenvalue weighted by atomic mass is 9.92. The molecule has 2 amide bonds.